The molecule has 240 valence electrons. The van der Waals surface area contributed by atoms with Crippen LogP contribution in [0.1, 0.15) is 63.1 Å². The highest BCUT2D eigenvalue weighted by molar-refractivity contribution is 5.96. The standard InChI is InChI=1S/C32H49N9O3/c1-6-26-30(41-14-11-23(21-41)35-31(43)44-32(2,3)4)37-29(27(36-26)28(33)42)34-22-7-9-24(10-8-22)39-15-12-25(13-16-39)40-19-17-38(5)18-20-40/h7-10,23,25H,6,11-21H2,1-5H3,(H2,33,42)(H,34,37)(H,35,43)/t23-/m1/s1. The molecule has 44 heavy (non-hydrogen) atoms. The zero-order valence-corrected chi connectivity index (χ0v) is 26.9. The van der Waals surface area contributed by atoms with Gasteiger partial charge < -0.3 is 35.8 Å². The molecule has 5 rings (SSSR count). The van der Waals surface area contributed by atoms with Crippen LogP contribution in [0.5, 0.6) is 0 Å². The smallest absolute Gasteiger partial charge is 0.407 e. The van der Waals surface area contributed by atoms with Crippen molar-refractivity contribution in [2.24, 2.45) is 5.73 Å². The van der Waals surface area contributed by atoms with E-state index in [0.29, 0.717) is 42.9 Å². The van der Waals surface area contributed by atoms with E-state index in [0.717, 1.165) is 38.3 Å². The lowest BCUT2D eigenvalue weighted by atomic mass is 10.0. The number of nitrogens with two attached hydrogens (primary N) is 1. The Morgan fingerprint density at radius 2 is 1.61 bits per heavy atom. The normalized spacial score (nSPS) is 20.5. The summed E-state index contributed by atoms with van der Waals surface area (Å²) in [6, 6.07) is 8.85. The van der Waals surface area contributed by atoms with E-state index in [1.807, 2.05) is 39.8 Å². The molecule has 3 aliphatic rings. The lowest BCUT2D eigenvalue weighted by Gasteiger charge is -2.42. The maximum Gasteiger partial charge on any atom is 0.407 e. The molecule has 1 atom stereocenters. The van der Waals surface area contributed by atoms with Gasteiger partial charge >= 0.3 is 6.09 Å². The van der Waals surface area contributed by atoms with Crippen molar-refractivity contribution in [1.82, 2.24) is 25.1 Å². The molecule has 4 heterocycles. The van der Waals surface area contributed by atoms with Crippen molar-refractivity contribution in [3.05, 3.63) is 35.7 Å². The lowest BCUT2D eigenvalue weighted by Crippen LogP contribution is -2.52. The maximum absolute atomic E-state index is 12.4. The SMILES string of the molecule is CCc1nc(C(N)=O)c(Nc2ccc(N3CCC(N4CCN(C)CC4)CC3)cc2)nc1N1CC[C@@H](NC(=O)OC(C)(C)C)C1. The summed E-state index contributed by atoms with van der Waals surface area (Å²) in [7, 11) is 2.20. The first kappa shape index (κ1) is 31.8. The predicted molar refractivity (Wildman–Crippen MR) is 174 cm³/mol. The number of hydrogen-bond acceptors (Lipinski definition) is 10. The van der Waals surface area contributed by atoms with Gasteiger partial charge in [-0.15, -0.1) is 0 Å². The average molecular weight is 608 g/mol. The van der Waals surface area contributed by atoms with E-state index in [9.17, 15) is 9.59 Å². The molecule has 0 saturated carbocycles. The van der Waals surface area contributed by atoms with E-state index >= 15 is 0 Å². The fourth-order valence-corrected chi connectivity index (χ4v) is 6.32. The topological polar surface area (TPSA) is 132 Å². The number of piperidine rings is 1. The Morgan fingerprint density at radius 1 is 0.955 bits per heavy atom. The van der Waals surface area contributed by atoms with E-state index in [2.05, 4.69) is 54.4 Å². The second-order valence-corrected chi connectivity index (χ2v) is 13.2. The highest BCUT2D eigenvalue weighted by Crippen LogP contribution is 2.29. The van der Waals surface area contributed by atoms with Crippen molar-refractivity contribution in [3.63, 3.8) is 0 Å². The monoisotopic (exact) mass is 607 g/mol. The molecule has 0 aliphatic carbocycles. The largest absolute Gasteiger partial charge is 0.444 e. The fourth-order valence-electron chi connectivity index (χ4n) is 6.32. The Bertz CT molecular complexity index is 1300. The number of aryl methyl sites for hydroxylation is 1. The van der Waals surface area contributed by atoms with Gasteiger partial charge in [0.2, 0.25) is 0 Å². The van der Waals surface area contributed by atoms with Crippen molar-refractivity contribution >= 4 is 35.0 Å². The summed E-state index contributed by atoms with van der Waals surface area (Å²) in [5, 5.41) is 6.26. The van der Waals surface area contributed by atoms with Crippen LogP contribution in [-0.4, -0.2) is 109 Å². The summed E-state index contributed by atoms with van der Waals surface area (Å²) in [6.45, 7) is 15.5. The summed E-state index contributed by atoms with van der Waals surface area (Å²) in [4.78, 5) is 43.9. The van der Waals surface area contributed by atoms with Crippen LogP contribution < -0.4 is 26.2 Å². The molecule has 1 aromatic heterocycles. The Morgan fingerprint density at radius 3 is 2.23 bits per heavy atom. The van der Waals surface area contributed by atoms with Crippen LogP contribution in [0.4, 0.5) is 27.8 Å². The number of primary amides is 1. The number of rotatable bonds is 8. The van der Waals surface area contributed by atoms with E-state index in [1.165, 1.54) is 31.6 Å². The van der Waals surface area contributed by atoms with Crippen LogP contribution in [0.2, 0.25) is 0 Å². The number of aromatic nitrogens is 2. The average Bonchev–Trinajstić information content (AvgIpc) is 3.45. The lowest BCUT2D eigenvalue weighted by molar-refractivity contribution is 0.0508. The van der Waals surface area contributed by atoms with Gasteiger partial charge in [0.25, 0.3) is 5.91 Å². The van der Waals surface area contributed by atoms with Crippen LogP contribution in [0.3, 0.4) is 0 Å². The summed E-state index contributed by atoms with van der Waals surface area (Å²) >= 11 is 0. The second-order valence-electron chi connectivity index (χ2n) is 13.2. The van der Waals surface area contributed by atoms with Gasteiger partial charge in [0, 0.05) is 69.8 Å². The predicted octanol–water partition coefficient (Wildman–Crippen LogP) is 3.20. The molecule has 3 fully saturated rings. The minimum Gasteiger partial charge on any atom is -0.444 e. The molecule has 2 amide bonds. The van der Waals surface area contributed by atoms with Crippen molar-refractivity contribution < 1.29 is 14.3 Å². The number of benzene rings is 1. The Hall–Kier alpha value is -3.64. The number of nitrogens with zero attached hydrogens (tertiary/aromatic N) is 6. The van der Waals surface area contributed by atoms with Crippen LogP contribution in [0.15, 0.2) is 24.3 Å². The van der Waals surface area contributed by atoms with E-state index in [4.69, 9.17) is 15.5 Å². The van der Waals surface area contributed by atoms with Crippen molar-refractivity contribution in [2.45, 2.75) is 71.1 Å². The minimum atomic E-state index is -0.632. The van der Waals surface area contributed by atoms with Crippen molar-refractivity contribution in [2.75, 3.05) is 74.5 Å². The maximum atomic E-state index is 12.4. The highest BCUT2D eigenvalue weighted by Gasteiger charge is 2.30. The molecule has 2 aromatic rings. The third kappa shape index (κ3) is 7.89. The van der Waals surface area contributed by atoms with Gasteiger partial charge in [-0.2, -0.15) is 0 Å². The molecular weight excluding hydrogens is 558 g/mol. The molecule has 0 bridgehead atoms. The first-order valence-corrected chi connectivity index (χ1v) is 16.0. The molecule has 4 N–H and O–H groups in total. The Balaban J connectivity index is 1.24. The molecule has 0 unspecified atom stereocenters. The van der Waals surface area contributed by atoms with Gasteiger partial charge in [-0.1, -0.05) is 6.92 Å². The molecule has 0 spiro atoms. The summed E-state index contributed by atoms with van der Waals surface area (Å²) in [5.41, 5.74) is 7.99. The van der Waals surface area contributed by atoms with Gasteiger partial charge in [0.15, 0.2) is 17.3 Å². The van der Waals surface area contributed by atoms with Crippen LogP contribution in [-0.2, 0) is 11.2 Å². The highest BCUT2D eigenvalue weighted by atomic mass is 16.6. The number of carbonyl (C=O) groups excluding carboxylic acids is 2. The third-order valence-electron chi connectivity index (χ3n) is 8.74. The molecule has 1 aromatic carbocycles. The summed E-state index contributed by atoms with van der Waals surface area (Å²) in [5.74, 6) is 0.384. The van der Waals surface area contributed by atoms with Crippen molar-refractivity contribution in [3.8, 4) is 0 Å². The number of hydrogen-bond donors (Lipinski definition) is 3. The van der Waals surface area contributed by atoms with Crippen LogP contribution >= 0.6 is 0 Å². The number of anilines is 4. The number of carbonyl (C=O) groups is 2. The number of alkyl carbamates (subject to hydrolysis) is 1. The zero-order valence-electron chi connectivity index (χ0n) is 26.9. The minimum absolute atomic E-state index is 0.0808. The summed E-state index contributed by atoms with van der Waals surface area (Å²) in [6.07, 6.45) is 3.26. The van der Waals surface area contributed by atoms with E-state index in [1.54, 1.807) is 0 Å². The van der Waals surface area contributed by atoms with Gasteiger partial charge in [-0.3, -0.25) is 9.69 Å². The first-order chi connectivity index (χ1) is 21.0. The van der Waals surface area contributed by atoms with Crippen LogP contribution in [0.25, 0.3) is 0 Å². The number of likely N-dealkylation sites (N-methyl/N-ethyl adjacent to an activating group) is 1. The van der Waals surface area contributed by atoms with Gasteiger partial charge in [0.05, 0.1) is 11.7 Å². The molecule has 3 saturated heterocycles. The molecule has 0 radical (unpaired) electrons. The second kappa shape index (κ2) is 13.6. The van der Waals surface area contributed by atoms with E-state index in [-0.39, 0.29) is 11.7 Å². The zero-order chi connectivity index (χ0) is 31.4. The quantitative estimate of drug-likeness (QED) is 0.411. The number of ether oxygens (including phenoxy) is 1. The van der Waals surface area contributed by atoms with Gasteiger partial charge in [0.1, 0.15) is 5.60 Å². The first-order valence-electron chi connectivity index (χ1n) is 16.0. The van der Waals surface area contributed by atoms with E-state index < -0.39 is 17.6 Å². The molecule has 3 aliphatic heterocycles. The summed E-state index contributed by atoms with van der Waals surface area (Å²) < 4.78 is 5.43. The van der Waals surface area contributed by atoms with Crippen molar-refractivity contribution in [1.29, 1.82) is 0 Å². The molecule has 12 heteroatoms. The number of amides is 2. The van der Waals surface area contributed by atoms with Crippen LogP contribution in [0, 0.1) is 0 Å². The van der Waals surface area contributed by atoms with Gasteiger partial charge in [-0.05, 0) is 77.8 Å². The molecular formula is C32H49N9O3. The van der Waals surface area contributed by atoms with Gasteiger partial charge in [-0.25, -0.2) is 14.8 Å². The Labute approximate surface area is 261 Å². The number of piperazine rings is 1. The number of nitrogens with one attached hydrogen (secondary N) is 2. The fraction of sp³-hybridized carbons (Fsp3) is 0.625. The molecule has 12 nitrogen and oxygen atoms in total. The Kier molecular flexibility index (Phi) is 9.79. The third-order valence-corrected chi connectivity index (χ3v) is 8.74.